The van der Waals surface area contributed by atoms with E-state index < -0.39 is 5.91 Å². The molecule has 1 aromatic heterocycles. The van der Waals surface area contributed by atoms with Gasteiger partial charge >= 0.3 is 5.69 Å². The molecule has 3 aromatic rings. The summed E-state index contributed by atoms with van der Waals surface area (Å²) in [5.74, 6) is 0.0175. The van der Waals surface area contributed by atoms with Gasteiger partial charge in [0.2, 0.25) is 5.91 Å². The molecule has 0 unspecified atom stereocenters. The predicted molar refractivity (Wildman–Crippen MR) is 115 cm³/mol. The van der Waals surface area contributed by atoms with Gasteiger partial charge in [-0.3, -0.25) is 13.9 Å². The van der Waals surface area contributed by atoms with Crippen molar-refractivity contribution >= 4 is 28.5 Å². The number of nitrogens with two attached hydrogens (primary N) is 1. The number of amides is 1. The fourth-order valence-corrected chi connectivity index (χ4v) is 4.53. The van der Waals surface area contributed by atoms with Crippen LogP contribution in [0.15, 0.2) is 41.2 Å². The van der Waals surface area contributed by atoms with Crippen LogP contribution in [-0.2, 0) is 6.54 Å². The first-order valence-corrected chi connectivity index (χ1v) is 10.3. The molecule has 8 heteroatoms. The molecule has 0 aliphatic heterocycles. The van der Waals surface area contributed by atoms with Crippen molar-refractivity contribution in [3.05, 3.63) is 63.0 Å². The lowest BCUT2D eigenvalue weighted by atomic mass is 9.93. The lowest BCUT2D eigenvalue weighted by Gasteiger charge is -2.26. The van der Waals surface area contributed by atoms with E-state index in [0.717, 1.165) is 23.9 Å². The highest BCUT2D eigenvalue weighted by Gasteiger charge is 2.26. The van der Waals surface area contributed by atoms with Crippen LogP contribution in [0.3, 0.4) is 0 Å². The Kier molecular flexibility index (Phi) is 5.58. The number of fused-ring (bicyclic) bond motifs is 1. The number of carbonyl (C=O) groups is 1. The fourth-order valence-electron chi connectivity index (χ4n) is 4.25. The van der Waals surface area contributed by atoms with Crippen LogP contribution in [0.5, 0.6) is 5.75 Å². The molecule has 0 atom stereocenters. The highest BCUT2D eigenvalue weighted by molar-refractivity contribution is 6.32. The van der Waals surface area contributed by atoms with Gasteiger partial charge in [-0.05, 0) is 61.6 Å². The minimum atomic E-state index is -0.545. The largest absolute Gasteiger partial charge is 0.495 e. The van der Waals surface area contributed by atoms with Gasteiger partial charge in [-0.2, -0.15) is 0 Å². The van der Waals surface area contributed by atoms with Crippen LogP contribution in [0.2, 0.25) is 5.02 Å². The molecular weight excluding hydrogens is 406 g/mol. The number of hydrogen-bond donors (Lipinski definition) is 2. The lowest BCUT2D eigenvalue weighted by molar-refractivity contribution is 0.1000. The third kappa shape index (κ3) is 3.70. The topological polar surface area (TPSA) is 99.5 Å². The van der Waals surface area contributed by atoms with E-state index in [2.05, 4.69) is 0 Å². The molecule has 7 nitrogen and oxygen atoms in total. The van der Waals surface area contributed by atoms with Crippen LogP contribution in [-0.4, -0.2) is 33.4 Å². The Labute approximate surface area is 178 Å². The fraction of sp³-hybridized carbons (Fsp3) is 0.364. The number of hydrogen-bond acceptors (Lipinski definition) is 4. The number of methoxy groups -OCH3 is 1. The maximum absolute atomic E-state index is 13.5. The van der Waals surface area contributed by atoms with Crippen molar-refractivity contribution in [3.63, 3.8) is 0 Å². The van der Waals surface area contributed by atoms with Crippen molar-refractivity contribution in [3.8, 4) is 5.75 Å². The van der Waals surface area contributed by atoms with E-state index in [9.17, 15) is 14.7 Å². The predicted octanol–water partition coefficient (Wildman–Crippen LogP) is 3.09. The number of ether oxygens (including phenoxy) is 1. The Balaban J connectivity index is 1.84. The third-order valence-electron chi connectivity index (χ3n) is 5.84. The monoisotopic (exact) mass is 429 g/mol. The molecule has 2 aromatic carbocycles. The molecule has 0 spiro atoms. The van der Waals surface area contributed by atoms with Gasteiger partial charge in [-0.25, -0.2) is 4.79 Å². The van der Waals surface area contributed by atoms with Crippen LogP contribution >= 0.6 is 11.6 Å². The minimum Gasteiger partial charge on any atom is -0.495 e. The SMILES string of the molecule is COc1ccc(Cn2c(=O)n(C3CCC(O)CC3)c3ccc(C(N)=O)cc32)cc1Cl. The van der Waals surface area contributed by atoms with Crippen molar-refractivity contribution in [2.45, 2.75) is 44.4 Å². The van der Waals surface area contributed by atoms with Crippen LogP contribution in [0.4, 0.5) is 0 Å². The van der Waals surface area contributed by atoms with E-state index in [0.29, 0.717) is 41.2 Å². The number of rotatable bonds is 5. The van der Waals surface area contributed by atoms with Crippen molar-refractivity contribution in [1.29, 1.82) is 0 Å². The zero-order chi connectivity index (χ0) is 21.4. The van der Waals surface area contributed by atoms with Crippen molar-refractivity contribution in [2.24, 2.45) is 5.73 Å². The van der Waals surface area contributed by atoms with E-state index in [1.165, 1.54) is 0 Å². The molecule has 1 saturated carbocycles. The summed E-state index contributed by atoms with van der Waals surface area (Å²) in [6.07, 6.45) is 2.47. The molecule has 0 radical (unpaired) electrons. The first kappa shape index (κ1) is 20.5. The molecule has 3 N–H and O–H groups in total. The number of benzene rings is 2. The molecular formula is C22H24ClN3O4. The molecule has 1 aliphatic rings. The summed E-state index contributed by atoms with van der Waals surface area (Å²) in [6, 6.07) is 10.5. The van der Waals surface area contributed by atoms with Crippen LogP contribution in [0.1, 0.15) is 47.6 Å². The Morgan fingerprint density at radius 3 is 2.53 bits per heavy atom. The highest BCUT2D eigenvalue weighted by atomic mass is 35.5. The van der Waals surface area contributed by atoms with Crippen molar-refractivity contribution in [2.75, 3.05) is 7.11 Å². The molecule has 30 heavy (non-hydrogen) atoms. The summed E-state index contributed by atoms with van der Waals surface area (Å²) in [5, 5.41) is 10.3. The van der Waals surface area contributed by atoms with Gasteiger partial charge in [-0.1, -0.05) is 17.7 Å². The molecule has 0 saturated heterocycles. The first-order valence-electron chi connectivity index (χ1n) is 9.94. The Morgan fingerprint density at radius 2 is 1.90 bits per heavy atom. The number of nitrogens with zero attached hydrogens (tertiary/aromatic N) is 2. The molecule has 1 amide bonds. The second-order valence-electron chi connectivity index (χ2n) is 7.74. The third-order valence-corrected chi connectivity index (χ3v) is 6.13. The summed E-state index contributed by atoms with van der Waals surface area (Å²) in [5.41, 5.74) is 7.91. The van der Waals surface area contributed by atoms with Gasteiger partial charge in [0.15, 0.2) is 0 Å². The van der Waals surface area contributed by atoms with Gasteiger partial charge in [-0.15, -0.1) is 0 Å². The molecule has 1 fully saturated rings. The van der Waals surface area contributed by atoms with Gasteiger partial charge in [0.05, 0.1) is 35.8 Å². The first-order chi connectivity index (χ1) is 14.4. The molecule has 4 rings (SSSR count). The maximum Gasteiger partial charge on any atom is 0.329 e. The summed E-state index contributed by atoms with van der Waals surface area (Å²) < 4.78 is 8.63. The minimum absolute atomic E-state index is 0.00327. The molecule has 1 heterocycles. The van der Waals surface area contributed by atoms with Crippen molar-refractivity contribution < 1.29 is 14.6 Å². The van der Waals surface area contributed by atoms with E-state index in [4.69, 9.17) is 22.1 Å². The number of halogens is 1. The standard InChI is InChI=1S/C22H24ClN3O4/c1-30-20-9-2-13(10-17(20)23)12-25-19-11-14(21(24)28)3-8-18(19)26(22(25)29)15-4-6-16(27)7-5-15/h2-3,8-11,15-16,27H,4-7,12H2,1H3,(H2,24,28). The lowest BCUT2D eigenvalue weighted by Crippen LogP contribution is -2.31. The molecule has 0 bridgehead atoms. The Morgan fingerprint density at radius 1 is 1.17 bits per heavy atom. The number of aromatic nitrogens is 2. The Hall–Kier alpha value is -2.77. The number of aliphatic hydroxyl groups excluding tert-OH is 1. The summed E-state index contributed by atoms with van der Waals surface area (Å²) in [4.78, 5) is 25.2. The summed E-state index contributed by atoms with van der Waals surface area (Å²) >= 11 is 6.26. The average molecular weight is 430 g/mol. The van der Waals surface area contributed by atoms with E-state index in [1.54, 1.807) is 46.6 Å². The van der Waals surface area contributed by atoms with E-state index in [1.807, 2.05) is 6.07 Å². The molecule has 158 valence electrons. The zero-order valence-corrected chi connectivity index (χ0v) is 17.4. The molecule has 1 aliphatic carbocycles. The van der Waals surface area contributed by atoms with Crippen LogP contribution in [0, 0.1) is 0 Å². The van der Waals surface area contributed by atoms with Gasteiger partial charge in [0.1, 0.15) is 5.75 Å². The highest BCUT2D eigenvalue weighted by Crippen LogP contribution is 2.31. The Bertz CT molecular complexity index is 1160. The second-order valence-corrected chi connectivity index (χ2v) is 8.14. The number of carbonyl (C=O) groups excluding carboxylic acids is 1. The van der Waals surface area contributed by atoms with Crippen LogP contribution < -0.4 is 16.2 Å². The number of primary amides is 1. The van der Waals surface area contributed by atoms with E-state index in [-0.39, 0.29) is 17.8 Å². The van der Waals surface area contributed by atoms with Gasteiger partial charge in [0.25, 0.3) is 0 Å². The maximum atomic E-state index is 13.5. The zero-order valence-electron chi connectivity index (χ0n) is 16.7. The van der Waals surface area contributed by atoms with Crippen molar-refractivity contribution in [1.82, 2.24) is 9.13 Å². The normalized spacial score (nSPS) is 19.2. The number of aliphatic hydroxyl groups is 1. The van der Waals surface area contributed by atoms with Gasteiger partial charge < -0.3 is 15.6 Å². The number of imidazole rings is 1. The summed E-state index contributed by atoms with van der Waals surface area (Å²) in [7, 11) is 1.55. The van der Waals surface area contributed by atoms with Crippen LogP contribution in [0.25, 0.3) is 11.0 Å². The smallest absolute Gasteiger partial charge is 0.329 e. The average Bonchev–Trinajstić information content (AvgIpc) is 3.00. The quantitative estimate of drug-likeness (QED) is 0.650. The summed E-state index contributed by atoms with van der Waals surface area (Å²) in [6.45, 7) is 0.295. The van der Waals surface area contributed by atoms with E-state index >= 15 is 0 Å². The van der Waals surface area contributed by atoms with Gasteiger partial charge in [0, 0.05) is 11.6 Å². The second kappa shape index (κ2) is 8.16.